The van der Waals surface area contributed by atoms with Crippen LogP contribution in [-0.4, -0.2) is 36.7 Å². The number of aromatic hydroxyl groups is 1. The number of carbonyl (C=O) groups is 2. The molecule has 1 fully saturated rings. The maximum Gasteiger partial charge on any atom is 0.416 e. The van der Waals surface area contributed by atoms with Crippen molar-refractivity contribution in [2.24, 2.45) is 0 Å². The number of hydrogen-bond acceptors (Lipinski definition) is 5. The first kappa shape index (κ1) is 20.5. The van der Waals surface area contributed by atoms with Gasteiger partial charge in [0.25, 0.3) is 5.91 Å². The highest BCUT2D eigenvalue weighted by Crippen LogP contribution is 2.36. The minimum atomic E-state index is -4.55. The molecule has 9 heteroatoms. The van der Waals surface area contributed by atoms with Crippen LogP contribution < -0.4 is 10.2 Å². The third-order valence-electron chi connectivity index (χ3n) is 4.48. The number of phenolic OH excluding ortho intramolecular Hbond substituents is 1. The van der Waals surface area contributed by atoms with Gasteiger partial charge in [-0.05, 0) is 55.3 Å². The standard InChI is InChI=1S/C20H19F3N2O4/c21-20(22,23)14-5-8-17(25-9-1-2-10-25)16(11-14)24-18(27)12-29-19(28)13-3-6-15(26)7-4-13/h3-8,11,26H,1-2,9-10,12H2,(H,24,27). The summed E-state index contributed by atoms with van der Waals surface area (Å²) in [6.45, 7) is 0.712. The van der Waals surface area contributed by atoms with E-state index < -0.39 is 30.2 Å². The third-order valence-corrected chi connectivity index (χ3v) is 4.48. The molecule has 0 aromatic heterocycles. The number of rotatable bonds is 5. The van der Waals surface area contributed by atoms with Gasteiger partial charge < -0.3 is 20.1 Å². The number of hydrogen-bond donors (Lipinski definition) is 2. The largest absolute Gasteiger partial charge is 0.508 e. The predicted octanol–water partition coefficient (Wildman–Crippen LogP) is 3.81. The van der Waals surface area contributed by atoms with Crippen molar-refractivity contribution in [3.8, 4) is 5.75 Å². The zero-order valence-corrected chi connectivity index (χ0v) is 15.3. The number of esters is 1. The van der Waals surface area contributed by atoms with Crippen LogP contribution >= 0.6 is 0 Å². The quantitative estimate of drug-likeness (QED) is 0.736. The van der Waals surface area contributed by atoms with Gasteiger partial charge in [0.1, 0.15) is 5.75 Å². The van der Waals surface area contributed by atoms with Crippen LogP contribution in [0.25, 0.3) is 0 Å². The van der Waals surface area contributed by atoms with Gasteiger partial charge in [0.15, 0.2) is 6.61 Å². The summed E-state index contributed by atoms with van der Waals surface area (Å²) >= 11 is 0. The fourth-order valence-electron chi connectivity index (χ4n) is 3.04. The fraction of sp³-hybridized carbons (Fsp3) is 0.300. The van der Waals surface area contributed by atoms with Gasteiger partial charge in [-0.1, -0.05) is 0 Å². The summed E-state index contributed by atoms with van der Waals surface area (Å²) in [7, 11) is 0. The van der Waals surface area contributed by atoms with Crippen LogP contribution in [0.1, 0.15) is 28.8 Å². The number of halogens is 3. The number of alkyl halides is 3. The molecule has 6 nitrogen and oxygen atoms in total. The van der Waals surface area contributed by atoms with E-state index in [1.165, 1.54) is 30.3 Å². The van der Waals surface area contributed by atoms with Crippen molar-refractivity contribution in [2.45, 2.75) is 19.0 Å². The second kappa shape index (κ2) is 8.42. The number of nitrogens with zero attached hydrogens (tertiary/aromatic N) is 1. The van der Waals surface area contributed by atoms with Crippen molar-refractivity contribution in [1.29, 1.82) is 0 Å². The van der Waals surface area contributed by atoms with E-state index in [1.54, 1.807) is 0 Å². The molecule has 0 atom stereocenters. The maximum absolute atomic E-state index is 13.1. The molecular formula is C20H19F3N2O4. The predicted molar refractivity (Wildman–Crippen MR) is 99.9 cm³/mol. The summed E-state index contributed by atoms with van der Waals surface area (Å²) in [6, 6.07) is 8.44. The number of carbonyl (C=O) groups excluding carboxylic acids is 2. The Morgan fingerprint density at radius 3 is 2.34 bits per heavy atom. The zero-order chi connectivity index (χ0) is 21.0. The topological polar surface area (TPSA) is 78.9 Å². The second-order valence-corrected chi connectivity index (χ2v) is 6.60. The van der Waals surface area contributed by atoms with Crippen LogP contribution in [-0.2, 0) is 15.7 Å². The Hall–Kier alpha value is -3.23. The van der Waals surface area contributed by atoms with E-state index in [9.17, 15) is 27.9 Å². The molecule has 1 heterocycles. The van der Waals surface area contributed by atoms with Crippen molar-refractivity contribution in [3.05, 3.63) is 53.6 Å². The normalized spacial score (nSPS) is 14.0. The van der Waals surface area contributed by atoms with Gasteiger partial charge >= 0.3 is 12.1 Å². The number of ether oxygens (including phenoxy) is 1. The Labute approximate surface area is 164 Å². The van der Waals surface area contributed by atoms with Crippen molar-refractivity contribution < 1.29 is 32.6 Å². The Kier molecular flexibility index (Phi) is 5.95. The lowest BCUT2D eigenvalue weighted by molar-refractivity contribution is -0.137. The van der Waals surface area contributed by atoms with E-state index in [-0.39, 0.29) is 17.0 Å². The van der Waals surface area contributed by atoms with Gasteiger partial charge in [0, 0.05) is 13.1 Å². The monoisotopic (exact) mass is 408 g/mol. The van der Waals surface area contributed by atoms with Crippen LogP contribution in [0, 0.1) is 0 Å². The van der Waals surface area contributed by atoms with Crippen molar-refractivity contribution >= 4 is 23.3 Å². The molecule has 0 radical (unpaired) electrons. The van der Waals surface area contributed by atoms with Crippen molar-refractivity contribution in [1.82, 2.24) is 0 Å². The summed E-state index contributed by atoms with van der Waals surface area (Å²) in [5.41, 5.74) is -0.231. The zero-order valence-electron chi connectivity index (χ0n) is 15.3. The first-order valence-electron chi connectivity index (χ1n) is 8.96. The molecule has 1 aliphatic heterocycles. The number of phenols is 1. The highest BCUT2D eigenvalue weighted by Gasteiger charge is 2.32. The Balaban J connectivity index is 1.70. The SMILES string of the molecule is O=C(COC(=O)c1ccc(O)cc1)Nc1cc(C(F)(F)F)ccc1N1CCCC1. The van der Waals surface area contributed by atoms with Gasteiger partial charge in [-0.3, -0.25) is 4.79 Å². The van der Waals surface area contributed by atoms with E-state index in [1.807, 2.05) is 4.90 Å². The molecule has 154 valence electrons. The van der Waals surface area contributed by atoms with Crippen LogP contribution in [0.2, 0.25) is 0 Å². The van der Waals surface area contributed by atoms with Gasteiger partial charge in [0.05, 0.1) is 22.5 Å². The smallest absolute Gasteiger partial charge is 0.416 e. The number of amides is 1. The van der Waals surface area contributed by atoms with E-state index in [0.29, 0.717) is 18.8 Å². The lowest BCUT2D eigenvalue weighted by Crippen LogP contribution is -2.24. The molecule has 3 rings (SSSR count). The van der Waals surface area contributed by atoms with E-state index in [4.69, 9.17) is 4.74 Å². The van der Waals surface area contributed by atoms with Gasteiger partial charge in [-0.2, -0.15) is 13.2 Å². The number of anilines is 2. The number of nitrogens with one attached hydrogen (secondary N) is 1. The molecule has 0 aliphatic carbocycles. The average molecular weight is 408 g/mol. The first-order valence-corrected chi connectivity index (χ1v) is 8.96. The maximum atomic E-state index is 13.1. The molecule has 0 unspecified atom stereocenters. The van der Waals surface area contributed by atoms with E-state index in [0.717, 1.165) is 25.0 Å². The molecule has 1 saturated heterocycles. The lowest BCUT2D eigenvalue weighted by atomic mass is 10.1. The molecule has 2 aromatic rings. The summed E-state index contributed by atoms with van der Waals surface area (Å²) in [6.07, 6.45) is -2.72. The van der Waals surface area contributed by atoms with Crippen molar-refractivity contribution in [2.75, 3.05) is 29.9 Å². The third kappa shape index (κ3) is 5.18. The minimum absolute atomic E-state index is 0.0207. The van der Waals surface area contributed by atoms with Gasteiger partial charge in [-0.15, -0.1) is 0 Å². The summed E-state index contributed by atoms with van der Waals surface area (Å²) in [5.74, 6) is -1.57. The Morgan fingerprint density at radius 1 is 1.07 bits per heavy atom. The van der Waals surface area contributed by atoms with Gasteiger partial charge in [0.2, 0.25) is 0 Å². The Morgan fingerprint density at radius 2 is 1.72 bits per heavy atom. The molecule has 0 saturated carbocycles. The second-order valence-electron chi connectivity index (χ2n) is 6.60. The van der Waals surface area contributed by atoms with Crippen LogP contribution in [0.15, 0.2) is 42.5 Å². The van der Waals surface area contributed by atoms with Crippen molar-refractivity contribution in [3.63, 3.8) is 0 Å². The minimum Gasteiger partial charge on any atom is -0.508 e. The molecule has 1 amide bonds. The average Bonchev–Trinajstić information content (AvgIpc) is 3.20. The molecule has 2 aromatic carbocycles. The molecule has 2 N–H and O–H groups in total. The van der Waals surface area contributed by atoms with Crippen LogP contribution in [0.5, 0.6) is 5.75 Å². The fourth-order valence-corrected chi connectivity index (χ4v) is 3.04. The molecule has 0 spiro atoms. The van der Waals surface area contributed by atoms with E-state index >= 15 is 0 Å². The Bertz CT molecular complexity index is 892. The molecule has 1 aliphatic rings. The summed E-state index contributed by atoms with van der Waals surface area (Å²) in [5, 5.41) is 11.6. The lowest BCUT2D eigenvalue weighted by Gasteiger charge is -2.23. The highest BCUT2D eigenvalue weighted by atomic mass is 19.4. The summed E-state index contributed by atoms with van der Waals surface area (Å²) < 4.78 is 44.1. The highest BCUT2D eigenvalue weighted by molar-refractivity contribution is 5.97. The molecule has 29 heavy (non-hydrogen) atoms. The van der Waals surface area contributed by atoms with Crippen LogP contribution in [0.3, 0.4) is 0 Å². The molecular weight excluding hydrogens is 389 g/mol. The summed E-state index contributed by atoms with van der Waals surface area (Å²) in [4.78, 5) is 26.0. The first-order chi connectivity index (χ1) is 13.7. The van der Waals surface area contributed by atoms with Crippen LogP contribution in [0.4, 0.5) is 24.5 Å². The van der Waals surface area contributed by atoms with Gasteiger partial charge in [-0.25, -0.2) is 4.79 Å². The molecule has 0 bridgehead atoms. The number of benzene rings is 2. The van der Waals surface area contributed by atoms with E-state index in [2.05, 4.69) is 5.32 Å².